The van der Waals surface area contributed by atoms with E-state index in [0.717, 1.165) is 11.9 Å². The fourth-order valence-electron chi connectivity index (χ4n) is 2.92. The number of alkyl halides is 3. The van der Waals surface area contributed by atoms with Crippen LogP contribution in [0.2, 0.25) is 0 Å². The summed E-state index contributed by atoms with van der Waals surface area (Å²) >= 11 is 0. The number of nitrogens with one attached hydrogen (secondary N) is 1. The zero-order valence-electron chi connectivity index (χ0n) is 13.5. The maximum absolute atomic E-state index is 13.0. The normalized spacial score (nSPS) is 20.6. The van der Waals surface area contributed by atoms with Crippen LogP contribution in [0.4, 0.5) is 13.2 Å². The van der Waals surface area contributed by atoms with E-state index in [1.807, 2.05) is 11.6 Å². The van der Waals surface area contributed by atoms with Gasteiger partial charge in [0.05, 0.1) is 11.1 Å². The molecule has 1 fully saturated rings. The Morgan fingerprint density at radius 1 is 1.44 bits per heavy atom. The fraction of sp³-hybridized carbons (Fsp3) is 0.438. The van der Waals surface area contributed by atoms with Crippen LogP contribution in [0.1, 0.15) is 34.3 Å². The highest BCUT2D eigenvalue weighted by molar-refractivity contribution is 5.95. The number of carbonyl (C=O) groups excluding carboxylic acids is 1. The molecule has 25 heavy (non-hydrogen) atoms. The highest BCUT2D eigenvalue weighted by Crippen LogP contribution is 2.34. The summed E-state index contributed by atoms with van der Waals surface area (Å²) in [5, 5.41) is 2.58. The molecule has 1 N–H and O–H groups in total. The van der Waals surface area contributed by atoms with E-state index in [4.69, 9.17) is 4.74 Å². The minimum Gasteiger partial charge on any atom is -0.370 e. The minimum absolute atomic E-state index is 0.0544. The molecule has 0 aromatic carbocycles. The van der Waals surface area contributed by atoms with Gasteiger partial charge in [0, 0.05) is 50.9 Å². The molecule has 0 radical (unpaired) electrons. The molecule has 134 valence electrons. The zero-order valence-corrected chi connectivity index (χ0v) is 13.5. The van der Waals surface area contributed by atoms with Crippen LogP contribution in [-0.4, -0.2) is 33.6 Å². The highest BCUT2D eigenvalue weighted by atomic mass is 19.4. The molecule has 3 rings (SSSR count). The molecule has 0 aliphatic carbocycles. The second kappa shape index (κ2) is 6.83. The van der Waals surface area contributed by atoms with Crippen molar-refractivity contribution < 1.29 is 22.7 Å². The number of pyridine rings is 1. The minimum atomic E-state index is -4.63. The molecule has 3 heterocycles. The molecule has 2 atom stereocenters. The van der Waals surface area contributed by atoms with E-state index in [1.165, 1.54) is 6.20 Å². The smallest absolute Gasteiger partial charge is 0.370 e. The Bertz CT molecular complexity index is 760. The van der Waals surface area contributed by atoms with E-state index < -0.39 is 23.2 Å². The third-order valence-corrected chi connectivity index (χ3v) is 4.22. The Labute approximate surface area is 142 Å². The molecule has 0 spiro atoms. The summed E-state index contributed by atoms with van der Waals surface area (Å²) in [5.41, 5.74) is -1.48. The van der Waals surface area contributed by atoms with Gasteiger partial charge in [0.1, 0.15) is 11.9 Å². The van der Waals surface area contributed by atoms with Gasteiger partial charge >= 0.3 is 6.18 Å². The monoisotopic (exact) mass is 354 g/mol. The lowest BCUT2D eigenvalue weighted by molar-refractivity contribution is -0.138. The van der Waals surface area contributed by atoms with Crippen LogP contribution >= 0.6 is 0 Å². The summed E-state index contributed by atoms with van der Waals surface area (Å²) in [4.78, 5) is 19.9. The lowest BCUT2D eigenvalue weighted by Crippen LogP contribution is -2.32. The van der Waals surface area contributed by atoms with Crippen molar-refractivity contribution in [2.45, 2.75) is 18.7 Å². The first kappa shape index (κ1) is 17.4. The Kier molecular flexibility index (Phi) is 4.76. The van der Waals surface area contributed by atoms with Gasteiger partial charge in [-0.3, -0.25) is 9.78 Å². The quantitative estimate of drug-likeness (QED) is 0.915. The molecule has 0 bridgehead atoms. The van der Waals surface area contributed by atoms with Crippen molar-refractivity contribution in [2.75, 3.05) is 13.2 Å². The molecule has 1 aliphatic heterocycles. The molecule has 6 nitrogen and oxygen atoms in total. The van der Waals surface area contributed by atoms with Gasteiger partial charge in [-0.15, -0.1) is 0 Å². The van der Waals surface area contributed by atoms with Crippen molar-refractivity contribution in [1.82, 2.24) is 19.9 Å². The second-order valence-electron chi connectivity index (χ2n) is 5.87. The van der Waals surface area contributed by atoms with Gasteiger partial charge in [-0.2, -0.15) is 13.2 Å². The van der Waals surface area contributed by atoms with Crippen LogP contribution in [-0.2, 0) is 18.0 Å². The molecule has 0 unspecified atom stereocenters. The van der Waals surface area contributed by atoms with Gasteiger partial charge in [0.25, 0.3) is 5.91 Å². The number of halogens is 3. The average Bonchev–Trinajstić information content (AvgIpc) is 3.20. The number of aryl methyl sites for hydroxylation is 1. The average molecular weight is 354 g/mol. The number of ether oxygens (including phenoxy) is 1. The predicted octanol–water partition coefficient (Wildman–Crippen LogP) is 2.34. The molecule has 1 saturated heterocycles. The number of hydrogen-bond acceptors (Lipinski definition) is 4. The maximum Gasteiger partial charge on any atom is 0.418 e. The van der Waals surface area contributed by atoms with E-state index in [-0.39, 0.29) is 18.6 Å². The van der Waals surface area contributed by atoms with E-state index in [9.17, 15) is 18.0 Å². The Balaban J connectivity index is 1.70. The number of aromatic nitrogens is 3. The van der Waals surface area contributed by atoms with Crippen LogP contribution in [0.3, 0.4) is 0 Å². The summed E-state index contributed by atoms with van der Waals surface area (Å²) < 4.78 is 46.5. The van der Waals surface area contributed by atoms with Crippen LogP contribution in [0, 0.1) is 5.92 Å². The van der Waals surface area contributed by atoms with Crippen molar-refractivity contribution in [3.8, 4) is 0 Å². The highest BCUT2D eigenvalue weighted by Gasteiger charge is 2.36. The number of imidazole rings is 1. The maximum atomic E-state index is 13.0. The Morgan fingerprint density at radius 2 is 2.24 bits per heavy atom. The van der Waals surface area contributed by atoms with E-state index in [0.29, 0.717) is 19.2 Å². The van der Waals surface area contributed by atoms with Crippen molar-refractivity contribution in [2.24, 2.45) is 13.0 Å². The first-order valence-corrected chi connectivity index (χ1v) is 7.76. The zero-order chi connectivity index (χ0) is 18.0. The van der Waals surface area contributed by atoms with Gasteiger partial charge < -0.3 is 14.6 Å². The topological polar surface area (TPSA) is 69.0 Å². The summed E-state index contributed by atoms with van der Waals surface area (Å²) in [6.45, 7) is 0.719. The summed E-state index contributed by atoms with van der Waals surface area (Å²) in [5.74, 6) is -0.0990. The Morgan fingerprint density at radius 3 is 2.92 bits per heavy atom. The first-order chi connectivity index (χ1) is 11.9. The number of hydrogen-bond donors (Lipinski definition) is 1. The third-order valence-electron chi connectivity index (χ3n) is 4.22. The third kappa shape index (κ3) is 3.65. The van der Waals surface area contributed by atoms with Crippen LogP contribution < -0.4 is 5.32 Å². The lowest BCUT2D eigenvalue weighted by atomic mass is 10.0. The van der Waals surface area contributed by atoms with Gasteiger partial charge in [-0.05, 0) is 12.5 Å². The summed E-state index contributed by atoms with van der Waals surface area (Å²) in [6.07, 6.45) is 1.04. The molecule has 2 aromatic rings. The van der Waals surface area contributed by atoms with Crippen molar-refractivity contribution in [3.05, 3.63) is 47.8 Å². The Hall–Kier alpha value is -2.42. The fourth-order valence-corrected chi connectivity index (χ4v) is 2.92. The molecular weight excluding hydrogens is 337 g/mol. The van der Waals surface area contributed by atoms with Crippen molar-refractivity contribution in [3.63, 3.8) is 0 Å². The van der Waals surface area contributed by atoms with Crippen LogP contribution in [0.5, 0.6) is 0 Å². The predicted molar refractivity (Wildman–Crippen MR) is 81.6 cm³/mol. The van der Waals surface area contributed by atoms with Crippen molar-refractivity contribution >= 4 is 5.91 Å². The van der Waals surface area contributed by atoms with Crippen molar-refractivity contribution in [1.29, 1.82) is 0 Å². The number of nitrogens with zero attached hydrogens (tertiary/aromatic N) is 3. The van der Waals surface area contributed by atoms with E-state index >= 15 is 0 Å². The van der Waals surface area contributed by atoms with E-state index in [1.54, 1.807) is 12.4 Å². The number of amides is 1. The molecule has 9 heteroatoms. The molecule has 1 aliphatic rings. The number of carbonyl (C=O) groups is 1. The summed E-state index contributed by atoms with van der Waals surface area (Å²) in [7, 11) is 1.84. The van der Waals surface area contributed by atoms with E-state index in [2.05, 4.69) is 15.3 Å². The second-order valence-corrected chi connectivity index (χ2v) is 5.87. The lowest BCUT2D eigenvalue weighted by Gasteiger charge is -2.19. The van der Waals surface area contributed by atoms with Gasteiger partial charge in [0.15, 0.2) is 0 Å². The van der Waals surface area contributed by atoms with Gasteiger partial charge in [0.2, 0.25) is 0 Å². The molecule has 2 aromatic heterocycles. The number of rotatable bonds is 4. The molecule has 0 saturated carbocycles. The first-order valence-electron chi connectivity index (χ1n) is 7.76. The molecule has 1 amide bonds. The largest absolute Gasteiger partial charge is 0.418 e. The molecular formula is C16H17F3N4O2. The standard InChI is InChI=1S/C16H17F3N4O2/c1-23-6-5-21-14(23)13-10(3-7-25-13)8-22-15(24)11-2-4-20-9-12(11)16(17,18)19/h2,4-6,9-10,13H,3,7-8H2,1H3,(H,22,24)/t10-,13+/m0/s1. The van der Waals surface area contributed by atoms with Crippen LogP contribution in [0.15, 0.2) is 30.9 Å². The summed E-state index contributed by atoms with van der Waals surface area (Å²) in [6, 6.07) is 1.07. The SMILES string of the molecule is Cn1ccnc1[C@@H]1OCC[C@H]1CNC(=O)c1ccncc1C(F)(F)F. The van der Waals surface area contributed by atoms with Crippen LogP contribution in [0.25, 0.3) is 0 Å². The van der Waals surface area contributed by atoms with Gasteiger partial charge in [-0.1, -0.05) is 0 Å². The van der Waals surface area contributed by atoms with Gasteiger partial charge in [-0.25, -0.2) is 4.98 Å².